The number of nitrogens with zero attached hydrogens (tertiary/aromatic N) is 3. The van der Waals surface area contributed by atoms with E-state index >= 15 is 0 Å². The lowest BCUT2D eigenvalue weighted by molar-refractivity contribution is 0.579. The van der Waals surface area contributed by atoms with Crippen molar-refractivity contribution in [2.75, 3.05) is 19.0 Å². The highest BCUT2D eigenvalue weighted by molar-refractivity contribution is 7.88. The third-order valence-electron chi connectivity index (χ3n) is 3.21. The first-order chi connectivity index (χ1) is 10.7. The van der Waals surface area contributed by atoms with Gasteiger partial charge in [0, 0.05) is 19.8 Å². The van der Waals surface area contributed by atoms with Gasteiger partial charge in [0.1, 0.15) is 0 Å². The van der Waals surface area contributed by atoms with Crippen molar-refractivity contribution >= 4 is 16.0 Å². The molecule has 0 saturated heterocycles. The van der Waals surface area contributed by atoms with Gasteiger partial charge in [-0.05, 0) is 25.5 Å². The average molecular weight is 334 g/mol. The molecule has 1 heterocycles. The van der Waals surface area contributed by atoms with E-state index in [2.05, 4.69) is 14.7 Å². The van der Waals surface area contributed by atoms with Crippen molar-refractivity contribution in [3.05, 3.63) is 52.8 Å². The van der Waals surface area contributed by atoms with Crippen molar-refractivity contribution in [2.45, 2.75) is 26.1 Å². The molecule has 0 amide bonds. The Labute approximate surface area is 137 Å². The van der Waals surface area contributed by atoms with E-state index in [4.69, 9.17) is 0 Å². The van der Waals surface area contributed by atoms with Crippen molar-refractivity contribution in [1.29, 1.82) is 0 Å². The summed E-state index contributed by atoms with van der Waals surface area (Å²) in [4.78, 5) is 10.4. The Bertz CT molecular complexity index is 788. The number of hydrogen-bond donors (Lipinski definition) is 1. The molecule has 0 aliphatic heterocycles. The predicted molar refractivity (Wildman–Crippen MR) is 91.7 cm³/mol. The monoisotopic (exact) mass is 334 g/mol. The molecule has 2 aromatic rings. The van der Waals surface area contributed by atoms with Crippen LogP contribution in [0.25, 0.3) is 0 Å². The lowest BCUT2D eigenvalue weighted by Gasteiger charge is -2.13. The molecular formula is C16H22N4O2S. The van der Waals surface area contributed by atoms with Crippen LogP contribution in [0.1, 0.15) is 22.5 Å². The van der Waals surface area contributed by atoms with Crippen molar-refractivity contribution in [3.8, 4) is 0 Å². The molecule has 0 aliphatic rings. The van der Waals surface area contributed by atoms with Crippen LogP contribution in [0.15, 0.2) is 30.3 Å². The molecule has 6 nitrogen and oxygen atoms in total. The van der Waals surface area contributed by atoms with Crippen molar-refractivity contribution < 1.29 is 8.42 Å². The molecule has 0 bridgehead atoms. The summed E-state index contributed by atoms with van der Waals surface area (Å²) in [5, 5.41) is 0. The van der Waals surface area contributed by atoms with Crippen LogP contribution in [-0.2, 0) is 22.3 Å². The van der Waals surface area contributed by atoms with Gasteiger partial charge in [-0.2, -0.15) is 0 Å². The van der Waals surface area contributed by atoms with E-state index in [1.54, 1.807) is 11.0 Å². The van der Waals surface area contributed by atoms with E-state index in [1.807, 2.05) is 52.2 Å². The molecular weight excluding hydrogens is 312 g/mol. The first kappa shape index (κ1) is 17.4. The number of anilines is 1. The Kier molecular flexibility index (Phi) is 5.33. The molecule has 2 rings (SSSR count). The lowest BCUT2D eigenvalue weighted by Crippen LogP contribution is -2.26. The van der Waals surface area contributed by atoms with Gasteiger partial charge in [0.05, 0.1) is 18.0 Å². The minimum atomic E-state index is -3.42. The number of hydrogen-bond acceptors (Lipinski definition) is 5. The largest absolute Gasteiger partial charge is 0.347 e. The SMILES string of the molecule is Cc1cccc(CS(=O)(=O)NCc2cc(C)nc(N(C)C)n2)c1. The normalized spacial score (nSPS) is 11.5. The maximum atomic E-state index is 12.2. The van der Waals surface area contributed by atoms with Crippen LogP contribution < -0.4 is 9.62 Å². The summed E-state index contributed by atoms with van der Waals surface area (Å²) in [6.07, 6.45) is 0. The Morgan fingerprint density at radius 1 is 1.13 bits per heavy atom. The molecule has 0 fully saturated rings. The van der Waals surface area contributed by atoms with E-state index in [-0.39, 0.29) is 12.3 Å². The first-order valence-electron chi connectivity index (χ1n) is 7.30. The fraction of sp³-hybridized carbons (Fsp3) is 0.375. The zero-order valence-electron chi connectivity index (χ0n) is 13.9. The van der Waals surface area contributed by atoms with Crippen molar-refractivity contribution in [1.82, 2.24) is 14.7 Å². The number of sulfonamides is 1. The maximum absolute atomic E-state index is 12.2. The second kappa shape index (κ2) is 7.06. The van der Waals surface area contributed by atoms with Gasteiger partial charge >= 0.3 is 0 Å². The lowest BCUT2D eigenvalue weighted by atomic mass is 10.2. The van der Waals surface area contributed by atoms with Gasteiger partial charge in [-0.25, -0.2) is 23.1 Å². The van der Waals surface area contributed by atoms with Gasteiger partial charge in [-0.1, -0.05) is 29.8 Å². The van der Waals surface area contributed by atoms with Gasteiger partial charge in [0.2, 0.25) is 16.0 Å². The Hall–Kier alpha value is -1.99. The fourth-order valence-corrected chi connectivity index (χ4v) is 3.25. The standard InChI is InChI=1S/C16H22N4O2S/c1-12-6-5-7-14(8-12)11-23(21,22)17-10-15-9-13(2)18-16(19-15)20(3)4/h5-9,17H,10-11H2,1-4H3. The number of benzene rings is 1. The molecule has 0 aliphatic carbocycles. The highest BCUT2D eigenvalue weighted by atomic mass is 32.2. The van der Waals surface area contributed by atoms with Gasteiger partial charge in [0.15, 0.2) is 0 Å². The van der Waals surface area contributed by atoms with E-state index in [0.717, 1.165) is 16.8 Å². The van der Waals surface area contributed by atoms with Gasteiger partial charge in [-0.3, -0.25) is 0 Å². The summed E-state index contributed by atoms with van der Waals surface area (Å²) >= 11 is 0. The van der Waals surface area contributed by atoms with Crippen LogP contribution in [0.2, 0.25) is 0 Å². The van der Waals surface area contributed by atoms with Crippen LogP contribution in [0.3, 0.4) is 0 Å². The molecule has 1 aromatic heterocycles. The maximum Gasteiger partial charge on any atom is 0.225 e. The Morgan fingerprint density at radius 3 is 2.52 bits per heavy atom. The zero-order valence-corrected chi connectivity index (χ0v) is 14.7. The second-order valence-corrected chi connectivity index (χ2v) is 7.57. The minimum absolute atomic E-state index is 0.0424. The van der Waals surface area contributed by atoms with E-state index in [0.29, 0.717) is 11.6 Å². The van der Waals surface area contributed by atoms with E-state index < -0.39 is 10.0 Å². The summed E-state index contributed by atoms with van der Waals surface area (Å²) in [5.74, 6) is 0.525. The highest BCUT2D eigenvalue weighted by Gasteiger charge is 2.13. The van der Waals surface area contributed by atoms with Gasteiger partial charge in [0.25, 0.3) is 0 Å². The fourth-order valence-electron chi connectivity index (χ4n) is 2.16. The molecule has 1 aromatic carbocycles. The third-order valence-corrected chi connectivity index (χ3v) is 4.51. The Balaban J connectivity index is 2.07. The molecule has 124 valence electrons. The van der Waals surface area contributed by atoms with Crippen molar-refractivity contribution in [3.63, 3.8) is 0 Å². The molecule has 1 N–H and O–H groups in total. The summed E-state index contributed by atoms with van der Waals surface area (Å²) in [7, 11) is 0.276. The summed E-state index contributed by atoms with van der Waals surface area (Å²) in [6, 6.07) is 9.26. The number of aryl methyl sites for hydroxylation is 2. The molecule has 0 radical (unpaired) electrons. The number of aromatic nitrogens is 2. The highest BCUT2D eigenvalue weighted by Crippen LogP contribution is 2.10. The van der Waals surface area contributed by atoms with E-state index in [9.17, 15) is 8.42 Å². The van der Waals surface area contributed by atoms with E-state index in [1.165, 1.54) is 0 Å². The number of rotatable bonds is 6. The predicted octanol–water partition coefficient (Wildman–Crippen LogP) is 1.78. The molecule has 0 atom stereocenters. The quantitative estimate of drug-likeness (QED) is 0.871. The van der Waals surface area contributed by atoms with Crippen LogP contribution in [0.5, 0.6) is 0 Å². The zero-order chi connectivity index (χ0) is 17.0. The van der Waals surface area contributed by atoms with Crippen LogP contribution in [-0.4, -0.2) is 32.5 Å². The van der Waals surface area contributed by atoms with Gasteiger partial charge < -0.3 is 4.90 Å². The summed E-state index contributed by atoms with van der Waals surface area (Å²) in [5.41, 5.74) is 3.26. The van der Waals surface area contributed by atoms with Crippen molar-refractivity contribution in [2.24, 2.45) is 0 Å². The summed E-state index contributed by atoms with van der Waals surface area (Å²) in [6.45, 7) is 3.95. The molecule has 0 unspecified atom stereocenters. The first-order valence-corrected chi connectivity index (χ1v) is 8.95. The Morgan fingerprint density at radius 2 is 1.87 bits per heavy atom. The van der Waals surface area contributed by atoms with Crippen LogP contribution >= 0.6 is 0 Å². The summed E-state index contributed by atoms with van der Waals surface area (Å²) < 4.78 is 27.0. The second-order valence-electron chi connectivity index (χ2n) is 5.76. The average Bonchev–Trinajstić information content (AvgIpc) is 2.44. The molecule has 0 spiro atoms. The van der Waals surface area contributed by atoms with Gasteiger partial charge in [-0.15, -0.1) is 0 Å². The van der Waals surface area contributed by atoms with Crippen LogP contribution in [0, 0.1) is 13.8 Å². The van der Waals surface area contributed by atoms with Crippen LogP contribution in [0.4, 0.5) is 5.95 Å². The number of nitrogens with one attached hydrogen (secondary N) is 1. The molecule has 7 heteroatoms. The minimum Gasteiger partial charge on any atom is -0.347 e. The smallest absolute Gasteiger partial charge is 0.225 e. The third kappa shape index (κ3) is 5.30. The molecule has 0 saturated carbocycles. The topological polar surface area (TPSA) is 75.2 Å². The molecule has 23 heavy (non-hydrogen) atoms.